The molecule has 238 valence electrons. The first-order chi connectivity index (χ1) is 21.2. The molecule has 0 atom stereocenters. The summed E-state index contributed by atoms with van der Waals surface area (Å²) in [5, 5.41) is 0. The molecule has 1 aliphatic rings. The number of hydrogen-bond acceptors (Lipinski definition) is 4. The zero-order chi connectivity index (χ0) is 32.7. The van der Waals surface area contributed by atoms with Crippen molar-refractivity contribution < 1.29 is 62.9 Å². The molecule has 5 rings (SSSR count). The zero-order valence-electron chi connectivity index (χ0n) is 22.8. The summed E-state index contributed by atoms with van der Waals surface area (Å²) in [5.74, 6) is -10.8. The van der Waals surface area contributed by atoms with Crippen molar-refractivity contribution in [1.29, 1.82) is 0 Å². The molecule has 0 bridgehead atoms. The molecule has 45 heavy (non-hydrogen) atoms. The molecule has 14 heteroatoms. The topological polar surface area (TPSA) is 36.9 Å². The predicted molar refractivity (Wildman–Crippen MR) is 139 cm³/mol. The lowest BCUT2D eigenvalue weighted by Gasteiger charge is -2.28. The predicted octanol–water partition coefficient (Wildman–Crippen LogP) is 8.92. The van der Waals surface area contributed by atoms with Crippen molar-refractivity contribution >= 4 is 0 Å². The van der Waals surface area contributed by atoms with E-state index in [9.17, 15) is 39.5 Å². The van der Waals surface area contributed by atoms with Gasteiger partial charge < -0.3 is 18.9 Å². The molecule has 1 heterocycles. The Morgan fingerprint density at radius 3 is 1.64 bits per heavy atom. The molecule has 0 aromatic heterocycles. The van der Waals surface area contributed by atoms with Crippen LogP contribution >= 0.6 is 0 Å². The highest BCUT2D eigenvalue weighted by molar-refractivity contribution is 5.71. The number of halogens is 10. The number of ether oxygens (including phenoxy) is 4. The van der Waals surface area contributed by atoms with Gasteiger partial charge in [-0.1, -0.05) is 36.4 Å². The Labute approximate surface area is 248 Å². The van der Waals surface area contributed by atoms with Crippen LogP contribution in [0.15, 0.2) is 66.7 Å². The van der Waals surface area contributed by atoms with Crippen LogP contribution in [0.5, 0.6) is 5.75 Å². The third kappa shape index (κ3) is 6.77. The Balaban J connectivity index is 1.36. The van der Waals surface area contributed by atoms with E-state index in [1.165, 1.54) is 19.2 Å². The summed E-state index contributed by atoms with van der Waals surface area (Å²) >= 11 is 0. The molecule has 0 unspecified atom stereocenters. The second kappa shape index (κ2) is 12.3. The average Bonchev–Trinajstić information content (AvgIpc) is 2.95. The summed E-state index contributed by atoms with van der Waals surface area (Å²) in [6, 6.07) is 10.8. The van der Waals surface area contributed by atoms with Crippen LogP contribution in [0.3, 0.4) is 0 Å². The van der Waals surface area contributed by atoms with Crippen LogP contribution in [0.2, 0.25) is 0 Å². The van der Waals surface area contributed by atoms with E-state index in [0.717, 1.165) is 6.07 Å². The summed E-state index contributed by atoms with van der Waals surface area (Å²) in [4.78, 5) is 0. The highest BCUT2D eigenvalue weighted by Gasteiger charge is 2.43. The van der Waals surface area contributed by atoms with E-state index in [1.54, 1.807) is 24.3 Å². The van der Waals surface area contributed by atoms with Crippen molar-refractivity contribution in [3.8, 4) is 28.0 Å². The Bertz CT molecular complexity index is 1650. The Kier molecular flexibility index (Phi) is 8.84. The fourth-order valence-corrected chi connectivity index (χ4v) is 4.66. The number of methoxy groups -OCH3 is 1. The molecule has 0 aliphatic carbocycles. The number of rotatable bonds is 7. The number of alkyl halides is 5. The lowest BCUT2D eigenvalue weighted by atomic mass is 9.97. The molecule has 0 amide bonds. The SMILES string of the molecule is COC1COC(c2ccc(-c3ccc(-c4cc(F)c(C(F)(F)Oc5cc(F)c(C(F)(F)F)c(F)c5)c(F)c4)c(F)c3)cc2)OC1. The monoisotopic (exact) mass is 646 g/mol. The summed E-state index contributed by atoms with van der Waals surface area (Å²) < 4.78 is 161. The van der Waals surface area contributed by atoms with E-state index in [-0.39, 0.29) is 23.8 Å². The quantitative estimate of drug-likeness (QED) is 0.188. The number of benzene rings is 4. The standard InChI is InChI=1S/C31H20F10O4/c1-42-20-13-43-29(44-14-20)16-4-2-15(3-5-16)17-6-7-21(22(32)8-17)18-9-23(33)28(24(34)10-18)31(40,41)45-19-11-25(35)27(26(36)12-19)30(37,38)39/h2-12,20,29H,13-14H2,1H3. The molecular weight excluding hydrogens is 626 g/mol. The molecule has 4 aromatic carbocycles. The first-order valence-corrected chi connectivity index (χ1v) is 13.0. The highest BCUT2D eigenvalue weighted by atomic mass is 19.4. The third-order valence-corrected chi connectivity index (χ3v) is 6.87. The van der Waals surface area contributed by atoms with Crippen molar-refractivity contribution in [2.75, 3.05) is 20.3 Å². The number of hydrogen-bond donors (Lipinski definition) is 0. The molecule has 1 fully saturated rings. The summed E-state index contributed by atoms with van der Waals surface area (Å²) in [6.45, 7) is 0.670. The van der Waals surface area contributed by atoms with Gasteiger partial charge in [-0.25, -0.2) is 22.0 Å². The molecule has 0 spiro atoms. The van der Waals surface area contributed by atoms with E-state index in [1.807, 2.05) is 0 Å². The fraction of sp³-hybridized carbons (Fsp3) is 0.226. The smallest absolute Gasteiger partial charge is 0.429 e. The maximum absolute atomic E-state index is 15.1. The molecule has 0 N–H and O–H groups in total. The van der Waals surface area contributed by atoms with E-state index in [4.69, 9.17) is 14.2 Å². The molecular formula is C31H20F10O4. The van der Waals surface area contributed by atoms with Crippen LogP contribution in [0.25, 0.3) is 22.3 Å². The van der Waals surface area contributed by atoms with E-state index in [2.05, 4.69) is 4.74 Å². The zero-order valence-corrected chi connectivity index (χ0v) is 22.8. The van der Waals surface area contributed by atoms with Gasteiger partial charge in [0.15, 0.2) is 6.29 Å². The lowest BCUT2D eigenvalue weighted by Crippen LogP contribution is -2.32. The van der Waals surface area contributed by atoms with Gasteiger partial charge in [-0.15, -0.1) is 0 Å². The van der Waals surface area contributed by atoms with Crippen molar-refractivity contribution in [3.63, 3.8) is 0 Å². The van der Waals surface area contributed by atoms with Gasteiger partial charge in [-0.05, 0) is 34.9 Å². The van der Waals surface area contributed by atoms with Gasteiger partial charge in [0.05, 0.1) is 13.2 Å². The minimum Gasteiger partial charge on any atom is -0.429 e. The molecule has 1 saturated heterocycles. The van der Waals surface area contributed by atoms with E-state index < -0.39 is 70.1 Å². The molecule has 4 nitrogen and oxygen atoms in total. The van der Waals surface area contributed by atoms with E-state index in [0.29, 0.717) is 42.0 Å². The van der Waals surface area contributed by atoms with Gasteiger partial charge in [-0.2, -0.15) is 22.0 Å². The molecule has 4 aromatic rings. The van der Waals surface area contributed by atoms with Crippen molar-refractivity contribution in [2.24, 2.45) is 0 Å². The average molecular weight is 646 g/mol. The first kappa shape index (κ1) is 32.3. The molecule has 0 radical (unpaired) electrons. The Morgan fingerprint density at radius 1 is 0.622 bits per heavy atom. The van der Waals surface area contributed by atoms with Gasteiger partial charge >= 0.3 is 12.3 Å². The van der Waals surface area contributed by atoms with Crippen molar-refractivity contribution in [3.05, 3.63) is 113 Å². The maximum Gasteiger partial charge on any atom is 0.432 e. The maximum atomic E-state index is 15.1. The van der Waals surface area contributed by atoms with Crippen LogP contribution in [0.4, 0.5) is 43.9 Å². The van der Waals surface area contributed by atoms with Crippen LogP contribution < -0.4 is 4.74 Å². The van der Waals surface area contributed by atoms with E-state index >= 15 is 4.39 Å². The fourth-order valence-electron chi connectivity index (χ4n) is 4.66. The van der Waals surface area contributed by atoms with Crippen molar-refractivity contribution in [1.82, 2.24) is 0 Å². The summed E-state index contributed by atoms with van der Waals surface area (Å²) in [5.41, 5.74) is -3.58. The van der Waals surface area contributed by atoms with Crippen LogP contribution in [-0.4, -0.2) is 26.4 Å². The lowest BCUT2D eigenvalue weighted by molar-refractivity contribution is -0.225. The second-order valence-corrected chi connectivity index (χ2v) is 9.87. The van der Waals surface area contributed by atoms with Crippen LogP contribution in [-0.2, 0) is 26.5 Å². The normalized spacial score (nSPS) is 17.4. The minimum atomic E-state index is -5.49. The van der Waals surface area contributed by atoms with Crippen LogP contribution in [0, 0.1) is 29.1 Å². The summed E-state index contributed by atoms with van der Waals surface area (Å²) in [6.07, 6.45) is -11.2. The largest absolute Gasteiger partial charge is 0.432 e. The van der Waals surface area contributed by atoms with Gasteiger partial charge in [-0.3, -0.25) is 0 Å². The molecule has 0 saturated carbocycles. The third-order valence-electron chi connectivity index (χ3n) is 6.87. The summed E-state index contributed by atoms with van der Waals surface area (Å²) in [7, 11) is 1.54. The Morgan fingerprint density at radius 2 is 1.13 bits per heavy atom. The van der Waals surface area contributed by atoms with Gasteiger partial charge in [0.1, 0.15) is 52.1 Å². The first-order valence-electron chi connectivity index (χ1n) is 13.0. The van der Waals surface area contributed by atoms with Gasteiger partial charge in [0.25, 0.3) is 0 Å². The minimum absolute atomic E-state index is 0.186. The second-order valence-electron chi connectivity index (χ2n) is 9.87. The van der Waals surface area contributed by atoms with Crippen molar-refractivity contribution in [2.45, 2.75) is 24.7 Å². The van der Waals surface area contributed by atoms with Crippen LogP contribution in [0.1, 0.15) is 23.0 Å². The van der Waals surface area contributed by atoms with Gasteiger partial charge in [0, 0.05) is 30.4 Å². The molecule has 1 aliphatic heterocycles. The van der Waals surface area contributed by atoms with Gasteiger partial charge in [0.2, 0.25) is 0 Å². The Hall–Kier alpha value is -4.14. The highest BCUT2D eigenvalue weighted by Crippen LogP contribution is 2.40.